The third kappa shape index (κ3) is 1.86. The molecule has 0 fully saturated rings. The fourth-order valence-corrected chi connectivity index (χ4v) is 3.00. The summed E-state index contributed by atoms with van der Waals surface area (Å²) in [4.78, 5) is 37.8. The number of nitrogens with two attached hydrogens (primary N) is 1. The second-order valence-electron chi connectivity index (χ2n) is 5.64. The summed E-state index contributed by atoms with van der Waals surface area (Å²) >= 11 is 0. The molecule has 0 saturated carbocycles. The van der Waals surface area contributed by atoms with Crippen LogP contribution in [0.15, 0.2) is 51.7 Å². The van der Waals surface area contributed by atoms with Gasteiger partial charge in [-0.2, -0.15) is 0 Å². The van der Waals surface area contributed by atoms with E-state index in [1.54, 1.807) is 37.3 Å². The third-order valence-corrected chi connectivity index (χ3v) is 4.14. The summed E-state index contributed by atoms with van der Waals surface area (Å²) in [5.74, 6) is -0.931. The Balaban J connectivity index is 1.90. The van der Waals surface area contributed by atoms with Crippen molar-refractivity contribution in [1.29, 1.82) is 0 Å². The number of amides is 2. The van der Waals surface area contributed by atoms with Crippen LogP contribution in [-0.4, -0.2) is 11.8 Å². The Morgan fingerprint density at radius 1 is 1.00 bits per heavy atom. The van der Waals surface area contributed by atoms with Crippen molar-refractivity contribution in [1.82, 2.24) is 0 Å². The highest BCUT2D eigenvalue weighted by Gasteiger charge is 2.38. The van der Waals surface area contributed by atoms with Gasteiger partial charge in [-0.3, -0.25) is 9.59 Å². The van der Waals surface area contributed by atoms with Crippen molar-refractivity contribution in [3.63, 3.8) is 0 Å². The molecular formula is C18H12N2O4. The zero-order chi connectivity index (χ0) is 17.0. The van der Waals surface area contributed by atoms with Crippen LogP contribution in [0.2, 0.25) is 0 Å². The van der Waals surface area contributed by atoms with Crippen LogP contribution in [0.5, 0.6) is 0 Å². The molecule has 2 N–H and O–H groups in total. The van der Waals surface area contributed by atoms with Crippen LogP contribution in [-0.2, 0) is 0 Å². The molecule has 0 saturated heterocycles. The van der Waals surface area contributed by atoms with Gasteiger partial charge >= 0.3 is 5.63 Å². The Morgan fingerprint density at radius 2 is 1.79 bits per heavy atom. The highest BCUT2D eigenvalue weighted by molar-refractivity contribution is 6.36. The topological polar surface area (TPSA) is 93.6 Å². The zero-order valence-corrected chi connectivity index (χ0v) is 12.7. The minimum absolute atomic E-state index is 0.202. The number of carbonyl (C=O) groups excluding carboxylic acids is 2. The van der Waals surface area contributed by atoms with Crippen molar-refractivity contribution in [3.05, 3.63) is 69.6 Å². The van der Waals surface area contributed by atoms with Gasteiger partial charge in [-0.1, -0.05) is 6.07 Å². The van der Waals surface area contributed by atoms with Gasteiger partial charge < -0.3 is 10.2 Å². The van der Waals surface area contributed by atoms with E-state index >= 15 is 0 Å². The quantitative estimate of drug-likeness (QED) is 0.422. The Labute approximate surface area is 136 Å². The minimum Gasteiger partial charge on any atom is -0.423 e. The first kappa shape index (κ1) is 14.2. The number of aryl methyl sites for hydroxylation is 1. The lowest BCUT2D eigenvalue weighted by Crippen LogP contribution is -2.29. The van der Waals surface area contributed by atoms with Gasteiger partial charge in [0, 0.05) is 23.2 Å². The maximum absolute atomic E-state index is 12.6. The first-order valence-corrected chi connectivity index (χ1v) is 7.29. The second kappa shape index (κ2) is 4.79. The van der Waals surface area contributed by atoms with Crippen LogP contribution in [0.4, 0.5) is 11.4 Å². The van der Waals surface area contributed by atoms with Gasteiger partial charge in [0.2, 0.25) is 0 Å². The molecule has 0 aliphatic carbocycles. The van der Waals surface area contributed by atoms with Gasteiger partial charge in [0.1, 0.15) is 5.58 Å². The molecule has 4 rings (SSSR count). The molecule has 3 aromatic rings. The smallest absolute Gasteiger partial charge is 0.336 e. The number of hydrogen-bond donors (Lipinski definition) is 1. The number of rotatable bonds is 1. The van der Waals surface area contributed by atoms with Crippen molar-refractivity contribution in [2.24, 2.45) is 0 Å². The molecule has 2 amide bonds. The standard InChI is InChI=1S/C18H12N2O4/c1-9-7-15(21)24-14-8-10(5-6-11(9)14)20-17(22)12-3-2-4-13(19)16(12)18(20)23/h2-8H,19H2,1H3. The molecule has 2 heterocycles. The van der Waals surface area contributed by atoms with Crippen LogP contribution in [0.25, 0.3) is 11.0 Å². The van der Waals surface area contributed by atoms with Gasteiger partial charge in [0.25, 0.3) is 11.8 Å². The van der Waals surface area contributed by atoms with Crippen molar-refractivity contribution >= 4 is 34.2 Å². The Hall–Kier alpha value is -3.41. The molecule has 2 aromatic carbocycles. The summed E-state index contributed by atoms with van der Waals surface area (Å²) < 4.78 is 5.18. The summed E-state index contributed by atoms with van der Waals surface area (Å²) in [5, 5.41) is 0.745. The van der Waals surface area contributed by atoms with Crippen molar-refractivity contribution in [2.45, 2.75) is 6.92 Å². The van der Waals surface area contributed by atoms with E-state index in [9.17, 15) is 14.4 Å². The molecule has 0 spiro atoms. The van der Waals surface area contributed by atoms with Gasteiger partial charge in [0.05, 0.1) is 16.8 Å². The van der Waals surface area contributed by atoms with E-state index < -0.39 is 17.4 Å². The molecule has 6 nitrogen and oxygen atoms in total. The lowest BCUT2D eigenvalue weighted by Gasteiger charge is -2.14. The SMILES string of the molecule is Cc1cc(=O)oc2cc(N3C(=O)c4cccc(N)c4C3=O)ccc12. The Morgan fingerprint density at radius 3 is 2.54 bits per heavy atom. The largest absolute Gasteiger partial charge is 0.423 e. The molecule has 6 heteroatoms. The zero-order valence-electron chi connectivity index (χ0n) is 12.7. The number of nitrogen functional groups attached to an aromatic ring is 1. The van der Waals surface area contributed by atoms with Crippen LogP contribution in [0.1, 0.15) is 26.3 Å². The van der Waals surface area contributed by atoms with Crippen molar-refractivity contribution in [2.75, 3.05) is 10.6 Å². The number of fused-ring (bicyclic) bond motifs is 2. The second-order valence-corrected chi connectivity index (χ2v) is 5.64. The number of hydrogen-bond acceptors (Lipinski definition) is 5. The van der Waals surface area contributed by atoms with E-state index in [2.05, 4.69) is 0 Å². The monoisotopic (exact) mass is 320 g/mol. The molecule has 1 aliphatic rings. The summed E-state index contributed by atoms with van der Waals surface area (Å²) in [7, 11) is 0. The highest BCUT2D eigenvalue weighted by atomic mass is 16.4. The fraction of sp³-hybridized carbons (Fsp3) is 0.0556. The molecule has 0 atom stereocenters. The average Bonchev–Trinajstić information content (AvgIpc) is 2.79. The Kier molecular flexibility index (Phi) is 2.83. The third-order valence-electron chi connectivity index (χ3n) is 4.14. The van der Waals surface area contributed by atoms with E-state index in [-0.39, 0.29) is 16.8 Å². The van der Waals surface area contributed by atoms with Gasteiger partial charge in [-0.15, -0.1) is 0 Å². The summed E-state index contributed by atoms with van der Waals surface area (Å²) in [5.41, 5.74) is 7.50. The highest BCUT2D eigenvalue weighted by Crippen LogP contribution is 2.33. The first-order valence-electron chi connectivity index (χ1n) is 7.29. The molecule has 24 heavy (non-hydrogen) atoms. The predicted molar refractivity (Wildman–Crippen MR) is 89.2 cm³/mol. The number of carbonyl (C=O) groups is 2. The number of benzene rings is 2. The fourth-order valence-electron chi connectivity index (χ4n) is 3.00. The molecular weight excluding hydrogens is 308 g/mol. The summed E-state index contributed by atoms with van der Waals surface area (Å²) in [6, 6.07) is 11.1. The van der Waals surface area contributed by atoms with Crippen molar-refractivity contribution in [3.8, 4) is 0 Å². The van der Waals surface area contributed by atoms with E-state index in [1.165, 1.54) is 12.1 Å². The van der Waals surface area contributed by atoms with Gasteiger partial charge in [-0.05, 0) is 36.8 Å². The average molecular weight is 320 g/mol. The van der Waals surface area contributed by atoms with Crippen LogP contribution < -0.4 is 16.3 Å². The summed E-state index contributed by atoms with van der Waals surface area (Å²) in [6.45, 7) is 1.79. The maximum atomic E-state index is 12.6. The Bertz CT molecular complexity index is 1100. The lowest BCUT2D eigenvalue weighted by molar-refractivity contribution is 0.0926. The number of nitrogens with zero attached hydrogens (tertiary/aromatic N) is 1. The van der Waals surface area contributed by atoms with E-state index in [4.69, 9.17) is 10.2 Å². The van der Waals surface area contributed by atoms with Crippen LogP contribution in [0.3, 0.4) is 0 Å². The van der Waals surface area contributed by atoms with E-state index in [0.29, 0.717) is 11.3 Å². The van der Waals surface area contributed by atoms with Crippen LogP contribution in [0, 0.1) is 6.92 Å². The molecule has 118 valence electrons. The molecule has 0 bridgehead atoms. The number of imide groups is 1. The molecule has 0 unspecified atom stereocenters. The lowest BCUT2D eigenvalue weighted by atomic mass is 10.1. The minimum atomic E-state index is -0.484. The molecule has 1 aliphatic heterocycles. The predicted octanol–water partition coefficient (Wildman–Crippen LogP) is 2.48. The van der Waals surface area contributed by atoms with Gasteiger partial charge in [-0.25, -0.2) is 9.69 Å². The van der Waals surface area contributed by atoms with E-state index in [1.807, 2.05) is 0 Å². The van der Waals surface area contributed by atoms with Crippen LogP contribution >= 0.6 is 0 Å². The van der Waals surface area contributed by atoms with Gasteiger partial charge in [0.15, 0.2) is 0 Å². The molecule has 0 radical (unpaired) electrons. The molecule has 1 aromatic heterocycles. The van der Waals surface area contributed by atoms with Crippen molar-refractivity contribution < 1.29 is 14.0 Å². The maximum Gasteiger partial charge on any atom is 0.336 e. The normalized spacial score (nSPS) is 13.6. The van der Waals surface area contributed by atoms with E-state index in [0.717, 1.165) is 15.8 Å². The summed E-state index contributed by atoms with van der Waals surface area (Å²) in [6.07, 6.45) is 0. The first-order chi connectivity index (χ1) is 11.5. The number of anilines is 2.